The van der Waals surface area contributed by atoms with Crippen molar-refractivity contribution in [2.75, 3.05) is 36.8 Å². The van der Waals surface area contributed by atoms with Crippen LogP contribution in [0.1, 0.15) is 39.7 Å². The molecule has 0 radical (unpaired) electrons. The highest BCUT2D eigenvalue weighted by molar-refractivity contribution is 14.0. The second kappa shape index (κ2) is 10.7. The molecule has 1 aromatic carbocycles. The Bertz CT molecular complexity index is 742. The van der Waals surface area contributed by atoms with Crippen molar-refractivity contribution in [1.82, 2.24) is 10.6 Å². The average molecular weight is 522 g/mol. The molecule has 2 N–H and O–H groups in total. The number of aryl methyl sites for hydroxylation is 1. The van der Waals surface area contributed by atoms with E-state index in [1.54, 1.807) is 20.8 Å². The van der Waals surface area contributed by atoms with E-state index >= 15 is 0 Å². The maximum absolute atomic E-state index is 12.2. The molecule has 0 bridgehead atoms. The van der Waals surface area contributed by atoms with Crippen LogP contribution in [0, 0.1) is 6.92 Å². The molecule has 2 rings (SSSR count). The molecule has 8 heteroatoms. The zero-order chi connectivity index (χ0) is 20.1. The summed E-state index contributed by atoms with van der Waals surface area (Å²) in [5, 5.41) is 6.68. The Kier molecular flexibility index (Phi) is 9.52. The number of hydrogen-bond acceptors (Lipinski definition) is 4. The number of anilines is 1. The molecule has 1 aromatic rings. The van der Waals surface area contributed by atoms with Gasteiger partial charge in [-0.2, -0.15) is 0 Å². The Hall–Kier alpha value is -1.03. The molecular formula is C20H35IN4O2S. The SMILES string of the molecule is CCNC(=NCCS(=O)(=O)C(C)(C)C)NC1CCN(c2ccc(C)cc2)C1.I. The molecule has 0 amide bonds. The van der Waals surface area contributed by atoms with Crippen molar-refractivity contribution in [1.29, 1.82) is 0 Å². The Morgan fingerprint density at radius 3 is 2.46 bits per heavy atom. The highest BCUT2D eigenvalue weighted by Gasteiger charge is 2.28. The van der Waals surface area contributed by atoms with Gasteiger partial charge >= 0.3 is 0 Å². The number of guanidine groups is 1. The van der Waals surface area contributed by atoms with Crippen molar-refractivity contribution in [3.63, 3.8) is 0 Å². The summed E-state index contributed by atoms with van der Waals surface area (Å²) in [6, 6.07) is 8.89. The molecule has 28 heavy (non-hydrogen) atoms. The van der Waals surface area contributed by atoms with E-state index in [0.29, 0.717) is 12.0 Å². The van der Waals surface area contributed by atoms with Gasteiger partial charge in [0.2, 0.25) is 0 Å². The summed E-state index contributed by atoms with van der Waals surface area (Å²) in [4.78, 5) is 6.85. The number of benzene rings is 1. The molecule has 1 aliphatic rings. The van der Waals surface area contributed by atoms with E-state index in [9.17, 15) is 8.42 Å². The van der Waals surface area contributed by atoms with E-state index in [0.717, 1.165) is 26.1 Å². The summed E-state index contributed by atoms with van der Waals surface area (Å²) in [5.41, 5.74) is 2.50. The first-order valence-corrected chi connectivity index (χ1v) is 11.4. The first-order chi connectivity index (χ1) is 12.6. The quantitative estimate of drug-likeness (QED) is 0.342. The molecule has 0 aliphatic carbocycles. The van der Waals surface area contributed by atoms with Crippen LogP contribution in [0.2, 0.25) is 0 Å². The number of halogens is 1. The molecule has 1 fully saturated rings. The van der Waals surface area contributed by atoms with Gasteiger partial charge < -0.3 is 15.5 Å². The lowest BCUT2D eigenvalue weighted by Gasteiger charge is -2.21. The maximum Gasteiger partial charge on any atom is 0.191 e. The molecule has 6 nitrogen and oxygen atoms in total. The van der Waals surface area contributed by atoms with E-state index in [1.807, 2.05) is 6.92 Å². The number of aliphatic imine (C=N–C) groups is 1. The van der Waals surface area contributed by atoms with E-state index in [2.05, 4.69) is 51.7 Å². The van der Waals surface area contributed by atoms with Crippen LogP contribution in [-0.2, 0) is 9.84 Å². The van der Waals surface area contributed by atoms with Crippen LogP contribution >= 0.6 is 24.0 Å². The molecule has 1 atom stereocenters. The summed E-state index contributed by atoms with van der Waals surface area (Å²) >= 11 is 0. The van der Waals surface area contributed by atoms with Crippen LogP contribution in [0.25, 0.3) is 0 Å². The van der Waals surface area contributed by atoms with Crippen LogP contribution in [0.4, 0.5) is 5.69 Å². The van der Waals surface area contributed by atoms with Gasteiger partial charge in [0.15, 0.2) is 15.8 Å². The first-order valence-electron chi connectivity index (χ1n) is 9.71. The lowest BCUT2D eigenvalue weighted by Crippen LogP contribution is -2.45. The molecule has 1 aliphatic heterocycles. The fraction of sp³-hybridized carbons (Fsp3) is 0.650. The molecule has 0 aromatic heterocycles. The van der Waals surface area contributed by atoms with Gasteiger partial charge in [0.1, 0.15) is 0 Å². The van der Waals surface area contributed by atoms with Gasteiger partial charge in [-0.15, -0.1) is 24.0 Å². The van der Waals surface area contributed by atoms with Crippen molar-refractivity contribution in [3.8, 4) is 0 Å². The Labute approximate surface area is 187 Å². The Morgan fingerprint density at radius 2 is 1.89 bits per heavy atom. The van der Waals surface area contributed by atoms with Crippen LogP contribution < -0.4 is 15.5 Å². The van der Waals surface area contributed by atoms with Crippen molar-refractivity contribution >= 4 is 45.5 Å². The molecular weight excluding hydrogens is 487 g/mol. The highest BCUT2D eigenvalue weighted by Crippen LogP contribution is 2.20. The average Bonchev–Trinajstić information content (AvgIpc) is 3.03. The van der Waals surface area contributed by atoms with Gasteiger partial charge in [0, 0.05) is 31.4 Å². The third-order valence-electron chi connectivity index (χ3n) is 4.84. The van der Waals surface area contributed by atoms with E-state index in [1.165, 1.54) is 11.3 Å². The smallest absolute Gasteiger partial charge is 0.191 e. The minimum atomic E-state index is -3.15. The van der Waals surface area contributed by atoms with E-state index < -0.39 is 14.6 Å². The predicted molar refractivity (Wildman–Crippen MR) is 130 cm³/mol. The monoisotopic (exact) mass is 522 g/mol. The van der Waals surface area contributed by atoms with E-state index in [4.69, 9.17) is 0 Å². The Balaban J connectivity index is 0.00000392. The van der Waals surface area contributed by atoms with Crippen LogP contribution in [0.5, 0.6) is 0 Å². The van der Waals surface area contributed by atoms with Gasteiger partial charge in [0.05, 0.1) is 17.0 Å². The molecule has 1 saturated heterocycles. The zero-order valence-corrected chi connectivity index (χ0v) is 20.8. The first kappa shape index (κ1) is 25.0. The fourth-order valence-electron chi connectivity index (χ4n) is 2.97. The number of rotatable bonds is 6. The summed E-state index contributed by atoms with van der Waals surface area (Å²) in [6.07, 6.45) is 1.03. The second-order valence-electron chi connectivity index (χ2n) is 8.10. The van der Waals surface area contributed by atoms with Gasteiger partial charge in [-0.1, -0.05) is 17.7 Å². The summed E-state index contributed by atoms with van der Waals surface area (Å²) < 4.78 is 23.7. The summed E-state index contributed by atoms with van der Waals surface area (Å²) in [6.45, 7) is 12.2. The predicted octanol–water partition coefficient (Wildman–Crippen LogP) is 2.96. The largest absolute Gasteiger partial charge is 0.369 e. The number of sulfone groups is 1. The lowest BCUT2D eigenvalue weighted by atomic mass is 10.2. The molecule has 1 heterocycles. The minimum Gasteiger partial charge on any atom is -0.369 e. The number of nitrogens with one attached hydrogen (secondary N) is 2. The van der Waals surface area contributed by atoms with Crippen molar-refractivity contribution in [3.05, 3.63) is 29.8 Å². The van der Waals surface area contributed by atoms with Crippen LogP contribution in [0.3, 0.4) is 0 Å². The Morgan fingerprint density at radius 1 is 1.25 bits per heavy atom. The second-order valence-corrected chi connectivity index (χ2v) is 11.0. The number of hydrogen-bond donors (Lipinski definition) is 2. The van der Waals surface area contributed by atoms with Gasteiger partial charge in [-0.05, 0) is 53.2 Å². The maximum atomic E-state index is 12.2. The molecule has 1 unspecified atom stereocenters. The highest BCUT2D eigenvalue weighted by atomic mass is 127. The van der Waals surface area contributed by atoms with E-state index in [-0.39, 0.29) is 36.3 Å². The van der Waals surface area contributed by atoms with Gasteiger partial charge in [-0.3, -0.25) is 4.99 Å². The summed E-state index contributed by atoms with van der Waals surface area (Å²) in [5.74, 6) is 0.755. The fourth-order valence-corrected chi connectivity index (χ4v) is 3.91. The third-order valence-corrected chi connectivity index (χ3v) is 7.42. The molecule has 160 valence electrons. The lowest BCUT2D eigenvalue weighted by molar-refractivity contribution is 0.560. The summed E-state index contributed by atoms with van der Waals surface area (Å²) in [7, 11) is -3.15. The standard InChI is InChI=1S/C20H34N4O2S.HI/c1-6-21-19(22-12-14-27(25,26)20(3,4)5)23-17-11-13-24(15-17)18-9-7-16(2)8-10-18;/h7-10,17H,6,11-15H2,1-5H3,(H2,21,22,23);1H. The molecule has 0 saturated carbocycles. The number of nitrogens with zero attached hydrogens (tertiary/aromatic N) is 2. The van der Waals surface area contributed by atoms with Gasteiger partial charge in [-0.25, -0.2) is 8.42 Å². The third kappa shape index (κ3) is 7.09. The van der Waals surface area contributed by atoms with Crippen LogP contribution in [0.15, 0.2) is 29.3 Å². The molecule has 0 spiro atoms. The normalized spacial score (nSPS) is 18.0. The zero-order valence-electron chi connectivity index (χ0n) is 17.7. The van der Waals surface area contributed by atoms with Crippen molar-refractivity contribution in [2.24, 2.45) is 4.99 Å². The van der Waals surface area contributed by atoms with Crippen molar-refractivity contribution < 1.29 is 8.42 Å². The van der Waals surface area contributed by atoms with Gasteiger partial charge in [0.25, 0.3) is 0 Å². The van der Waals surface area contributed by atoms with Crippen LogP contribution in [-0.4, -0.2) is 57.1 Å². The van der Waals surface area contributed by atoms with Crippen molar-refractivity contribution in [2.45, 2.75) is 51.8 Å². The topological polar surface area (TPSA) is 73.8 Å². The minimum absolute atomic E-state index is 0.